The highest BCUT2D eigenvalue weighted by Crippen LogP contribution is 2.38. The predicted octanol–water partition coefficient (Wildman–Crippen LogP) is 2.92. The van der Waals surface area contributed by atoms with Crippen molar-refractivity contribution in [2.45, 2.75) is 11.7 Å². The van der Waals surface area contributed by atoms with Crippen LogP contribution in [0.4, 0.5) is 0 Å². The number of hydrogen-bond donors (Lipinski definition) is 1. The van der Waals surface area contributed by atoms with Gasteiger partial charge < -0.3 is 24.1 Å². The largest absolute Gasteiger partial charge is 0.481 e. The molecule has 0 fully saturated rings. The summed E-state index contributed by atoms with van der Waals surface area (Å²) in [5.41, 5.74) is -0.282. The zero-order chi connectivity index (χ0) is 21.6. The number of carboxylic acid groups (broad SMARTS) is 1. The summed E-state index contributed by atoms with van der Waals surface area (Å²) < 4.78 is 22.0. The molecule has 0 spiro atoms. The molecule has 0 bridgehead atoms. The van der Waals surface area contributed by atoms with Crippen LogP contribution in [0.15, 0.2) is 66.7 Å². The van der Waals surface area contributed by atoms with Crippen LogP contribution in [0.1, 0.15) is 11.1 Å². The topological polar surface area (TPSA) is 100 Å². The number of carboxylic acids is 1. The van der Waals surface area contributed by atoms with Crippen LogP contribution in [-0.2, 0) is 15.1 Å². The molecule has 8 nitrogen and oxygen atoms in total. The highest BCUT2D eigenvalue weighted by atomic mass is 16.6. The monoisotopic (exact) mass is 416 g/mol. The van der Waals surface area contributed by atoms with E-state index in [0.717, 1.165) is 0 Å². The molecule has 0 saturated carbocycles. The van der Waals surface area contributed by atoms with Gasteiger partial charge in [-0.3, -0.25) is 0 Å². The average molecular weight is 416 g/mol. The molecule has 0 aliphatic rings. The van der Waals surface area contributed by atoms with Crippen LogP contribution in [0.2, 0.25) is 0 Å². The first-order valence-corrected chi connectivity index (χ1v) is 9.08. The van der Waals surface area contributed by atoms with Crippen molar-refractivity contribution >= 4 is 5.97 Å². The van der Waals surface area contributed by atoms with E-state index >= 15 is 0 Å². The zero-order valence-electron chi connectivity index (χ0n) is 16.8. The summed E-state index contributed by atoms with van der Waals surface area (Å²) in [6, 6.07) is 19.2. The normalized spacial score (nSPS) is 13.7. The lowest BCUT2D eigenvalue weighted by atomic mass is 9.93. The van der Waals surface area contributed by atoms with E-state index in [1.165, 1.54) is 27.4 Å². The minimum atomic E-state index is -1.52. The van der Waals surface area contributed by atoms with Crippen molar-refractivity contribution in [1.82, 2.24) is 9.97 Å². The van der Waals surface area contributed by atoms with Gasteiger partial charge in [0, 0.05) is 7.11 Å². The van der Waals surface area contributed by atoms with Gasteiger partial charge in [-0.25, -0.2) is 4.79 Å². The van der Waals surface area contributed by atoms with Crippen LogP contribution >= 0.6 is 0 Å². The van der Waals surface area contributed by atoms with Crippen molar-refractivity contribution in [3.05, 3.63) is 77.9 Å². The molecular formula is C22H22N2O6. The van der Waals surface area contributed by atoms with E-state index in [-0.39, 0.29) is 17.8 Å². The fraction of sp³-hybridized carbons (Fsp3) is 0.227. The van der Waals surface area contributed by atoms with E-state index in [0.29, 0.717) is 11.1 Å². The Hall–Kier alpha value is -3.65. The third-order valence-electron chi connectivity index (χ3n) is 4.62. The summed E-state index contributed by atoms with van der Waals surface area (Å²) in [7, 11) is 4.29. The molecule has 156 valence electrons. The Morgan fingerprint density at radius 3 is 1.70 bits per heavy atom. The van der Waals surface area contributed by atoms with Crippen molar-refractivity contribution in [3.63, 3.8) is 0 Å². The molecule has 2 aromatic carbocycles. The lowest BCUT2D eigenvalue weighted by molar-refractivity contribution is -0.160. The van der Waals surface area contributed by atoms with Gasteiger partial charge in [0.15, 0.2) is 5.60 Å². The smallest absolute Gasteiger partial charge is 0.348 e. The van der Waals surface area contributed by atoms with Gasteiger partial charge in [-0.2, -0.15) is 9.97 Å². The Morgan fingerprint density at radius 2 is 1.33 bits per heavy atom. The number of hydrogen-bond acceptors (Lipinski definition) is 7. The van der Waals surface area contributed by atoms with Crippen LogP contribution in [0.3, 0.4) is 0 Å². The van der Waals surface area contributed by atoms with Crippen LogP contribution < -0.4 is 14.2 Å². The molecule has 1 N–H and O–H groups in total. The number of nitrogens with zero attached hydrogens (tertiary/aromatic N) is 2. The lowest BCUT2D eigenvalue weighted by Crippen LogP contribution is -2.50. The van der Waals surface area contributed by atoms with Crippen molar-refractivity contribution in [2.75, 3.05) is 21.3 Å². The van der Waals surface area contributed by atoms with E-state index in [9.17, 15) is 9.90 Å². The van der Waals surface area contributed by atoms with Crippen LogP contribution in [0.5, 0.6) is 17.8 Å². The maximum absolute atomic E-state index is 12.4. The second kappa shape index (κ2) is 9.23. The fourth-order valence-corrected chi connectivity index (χ4v) is 3.24. The van der Waals surface area contributed by atoms with Crippen molar-refractivity contribution in [3.8, 4) is 17.8 Å². The highest BCUT2D eigenvalue weighted by Gasteiger charge is 2.49. The number of aromatic nitrogens is 2. The average Bonchev–Trinajstić information content (AvgIpc) is 2.80. The van der Waals surface area contributed by atoms with E-state index in [1.54, 1.807) is 48.5 Å². The van der Waals surface area contributed by atoms with Crippen LogP contribution in [0, 0.1) is 0 Å². The minimum Gasteiger partial charge on any atom is -0.481 e. The van der Waals surface area contributed by atoms with Gasteiger partial charge in [0.2, 0.25) is 17.9 Å². The predicted molar refractivity (Wildman–Crippen MR) is 108 cm³/mol. The molecule has 1 aromatic heterocycles. The summed E-state index contributed by atoms with van der Waals surface area (Å²) in [6.45, 7) is 0. The summed E-state index contributed by atoms with van der Waals surface area (Å²) in [6.07, 6.45) is -1.52. The minimum absolute atomic E-state index is 0.170. The third kappa shape index (κ3) is 4.04. The Balaban J connectivity index is 2.18. The molecule has 2 atom stereocenters. The standard InChI is InChI=1S/C22H22N2O6/c1-27-17-14-18(28-2)24-21(23-17)30-19(20(25)26)22(29-3,15-10-6-4-7-11-15)16-12-8-5-9-13-16/h4-14,19H,1-3H3,(H,25,26)/t19-/m1/s1/i4+1,6+1,7+1,10+1,11+1,15+1/t19-,22?. The first-order chi connectivity index (χ1) is 14.5. The number of methoxy groups -OCH3 is 3. The first kappa shape index (κ1) is 21.1. The number of carbonyl (C=O) groups is 1. The van der Waals surface area contributed by atoms with E-state index < -0.39 is 17.7 Å². The Kier molecular flexibility index (Phi) is 6.48. The van der Waals surface area contributed by atoms with Crippen LogP contribution in [0.25, 0.3) is 0 Å². The quantitative estimate of drug-likeness (QED) is 0.568. The Labute approximate surface area is 174 Å². The molecule has 8 heteroatoms. The SMILES string of the molecule is COc1cc(OC)nc(O[C@H](C(=O)O)C(OC)(c2ccccc2)[13c]2[13cH][13cH][13cH][13cH][13cH]2)n1. The maximum atomic E-state index is 12.4. The Bertz CT molecular complexity index is 920. The molecule has 0 aliphatic heterocycles. The second-order valence-corrected chi connectivity index (χ2v) is 6.24. The molecule has 0 saturated heterocycles. The molecule has 1 heterocycles. The van der Waals surface area contributed by atoms with Crippen molar-refractivity contribution in [2.24, 2.45) is 0 Å². The summed E-state index contributed by atoms with van der Waals surface area (Å²) in [4.78, 5) is 20.6. The first-order valence-electron chi connectivity index (χ1n) is 9.08. The molecule has 30 heavy (non-hydrogen) atoms. The molecule has 3 rings (SSSR count). The van der Waals surface area contributed by atoms with E-state index in [1.807, 2.05) is 12.1 Å². The van der Waals surface area contributed by atoms with Gasteiger partial charge in [0.05, 0.1) is 20.3 Å². The number of aliphatic carboxylic acids is 1. The fourth-order valence-electron chi connectivity index (χ4n) is 3.24. The molecule has 1 unspecified atom stereocenters. The molecule has 0 amide bonds. The van der Waals surface area contributed by atoms with E-state index in [4.69, 9.17) is 18.9 Å². The van der Waals surface area contributed by atoms with Gasteiger partial charge in [-0.05, 0) is 11.1 Å². The number of rotatable bonds is 9. The molecule has 3 aromatic rings. The van der Waals surface area contributed by atoms with Gasteiger partial charge in [-0.1, -0.05) is 60.7 Å². The summed E-state index contributed by atoms with van der Waals surface area (Å²) in [5.74, 6) is -0.915. The summed E-state index contributed by atoms with van der Waals surface area (Å²) >= 11 is 0. The summed E-state index contributed by atoms with van der Waals surface area (Å²) in [5, 5.41) is 10.2. The van der Waals surface area contributed by atoms with Gasteiger partial charge in [0.1, 0.15) is 0 Å². The van der Waals surface area contributed by atoms with E-state index in [2.05, 4.69) is 9.97 Å². The number of ether oxygens (including phenoxy) is 4. The second-order valence-electron chi connectivity index (χ2n) is 6.24. The van der Waals surface area contributed by atoms with Gasteiger partial charge in [-0.15, -0.1) is 0 Å². The lowest BCUT2D eigenvalue weighted by Gasteiger charge is -2.37. The van der Waals surface area contributed by atoms with Crippen LogP contribution in [-0.4, -0.2) is 48.5 Å². The molecule has 0 aliphatic carbocycles. The van der Waals surface area contributed by atoms with Crippen molar-refractivity contribution < 1.29 is 28.8 Å². The van der Waals surface area contributed by atoms with Crippen molar-refractivity contribution in [1.29, 1.82) is 0 Å². The molecular weight excluding hydrogens is 394 g/mol. The Morgan fingerprint density at radius 1 is 0.867 bits per heavy atom. The van der Waals surface area contributed by atoms with Gasteiger partial charge in [0.25, 0.3) is 0 Å². The highest BCUT2D eigenvalue weighted by molar-refractivity contribution is 5.76. The van der Waals surface area contributed by atoms with Gasteiger partial charge >= 0.3 is 12.0 Å². The third-order valence-corrected chi connectivity index (χ3v) is 4.62. The molecule has 0 radical (unpaired) electrons. The maximum Gasteiger partial charge on any atom is 0.348 e. The zero-order valence-corrected chi connectivity index (χ0v) is 16.8. The number of benzene rings is 2.